The number of aromatic nitrogens is 2. The quantitative estimate of drug-likeness (QED) is 0.755. The molecule has 1 aliphatic carbocycles. The first-order valence-electron chi connectivity index (χ1n) is 8.70. The minimum absolute atomic E-state index is 0.199. The molecule has 1 fully saturated rings. The van der Waals surface area contributed by atoms with Crippen LogP contribution in [0.25, 0.3) is 0 Å². The molecule has 1 aromatic heterocycles. The lowest BCUT2D eigenvalue weighted by Gasteiger charge is -2.10. The third kappa shape index (κ3) is 4.62. The summed E-state index contributed by atoms with van der Waals surface area (Å²) in [5, 5.41) is 6.14. The average Bonchev–Trinajstić information content (AvgIpc) is 3.44. The molecule has 1 saturated carbocycles. The molecule has 1 amide bonds. The molecule has 3 rings (SSSR count). The van der Waals surface area contributed by atoms with Crippen molar-refractivity contribution >= 4 is 11.9 Å². The standard InChI is InChI=1S/C19H24N4O3/c1-12-10-15(23-19(21-12)22-14-5-6-14)18(24)20-9-8-13-4-7-16(25-2)17(11-13)26-3/h4,7,10-11,14H,5-6,8-9H2,1-3H3,(H,20,24)(H,21,22,23). The molecule has 7 heteroatoms. The number of amides is 1. The Morgan fingerprint density at radius 2 is 1.92 bits per heavy atom. The minimum atomic E-state index is -0.199. The topological polar surface area (TPSA) is 85.4 Å². The summed E-state index contributed by atoms with van der Waals surface area (Å²) in [6.07, 6.45) is 2.94. The van der Waals surface area contributed by atoms with Crippen molar-refractivity contribution in [3.63, 3.8) is 0 Å². The summed E-state index contributed by atoms with van der Waals surface area (Å²) in [6, 6.07) is 7.87. The van der Waals surface area contributed by atoms with Crippen molar-refractivity contribution in [2.24, 2.45) is 0 Å². The monoisotopic (exact) mass is 356 g/mol. The molecule has 7 nitrogen and oxygen atoms in total. The second-order valence-electron chi connectivity index (χ2n) is 6.33. The summed E-state index contributed by atoms with van der Waals surface area (Å²) in [5.74, 6) is 1.69. The van der Waals surface area contributed by atoms with Gasteiger partial charge in [0.1, 0.15) is 5.69 Å². The molecule has 0 unspecified atom stereocenters. The van der Waals surface area contributed by atoms with Crippen LogP contribution >= 0.6 is 0 Å². The predicted octanol–water partition coefficient (Wildman–Crippen LogP) is 2.35. The van der Waals surface area contributed by atoms with Crippen molar-refractivity contribution in [1.82, 2.24) is 15.3 Å². The summed E-state index contributed by atoms with van der Waals surface area (Å²) in [5.41, 5.74) is 2.21. The number of rotatable bonds is 8. The van der Waals surface area contributed by atoms with Crippen LogP contribution in [0.1, 0.15) is 34.6 Å². The molecule has 0 atom stereocenters. The third-order valence-electron chi connectivity index (χ3n) is 4.14. The lowest BCUT2D eigenvalue weighted by Crippen LogP contribution is -2.27. The number of nitrogens with one attached hydrogen (secondary N) is 2. The second-order valence-corrected chi connectivity index (χ2v) is 6.33. The number of hydrogen-bond acceptors (Lipinski definition) is 6. The normalized spacial score (nSPS) is 13.2. The van der Waals surface area contributed by atoms with Gasteiger partial charge < -0.3 is 20.1 Å². The van der Waals surface area contributed by atoms with Crippen LogP contribution < -0.4 is 20.1 Å². The van der Waals surface area contributed by atoms with E-state index in [0.29, 0.717) is 42.1 Å². The summed E-state index contributed by atoms with van der Waals surface area (Å²) in [4.78, 5) is 21.0. The minimum Gasteiger partial charge on any atom is -0.493 e. The first kappa shape index (κ1) is 18.0. The summed E-state index contributed by atoms with van der Waals surface area (Å²) in [6.45, 7) is 2.36. The van der Waals surface area contributed by atoms with Crippen LogP contribution in [0, 0.1) is 6.92 Å². The number of aryl methyl sites for hydroxylation is 1. The van der Waals surface area contributed by atoms with Crippen molar-refractivity contribution in [2.45, 2.75) is 32.2 Å². The van der Waals surface area contributed by atoms with Crippen LogP contribution in [0.15, 0.2) is 24.3 Å². The SMILES string of the molecule is COc1ccc(CCNC(=O)c2cc(C)nc(NC3CC3)n2)cc1OC. The molecule has 1 heterocycles. The first-order chi connectivity index (χ1) is 12.6. The summed E-state index contributed by atoms with van der Waals surface area (Å²) < 4.78 is 10.5. The predicted molar refractivity (Wildman–Crippen MR) is 99.0 cm³/mol. The fourth-order valence-electron chi connectivity index (χ4n) is 2.61. The fraction of sp³-hybridized carbons (Fsp3) is 0.421. The molecule has 0 saturated heterocycles. The maximum atomic E-state index is 12.4. The van der Waals surface area contributed by atoms with Gasteiger partial charge in [-0.1, -0.05) is 6.07 Å². The van der Waals surface area contributed by atoms with E-state index in [-0.39, 0.29) is 5.91 Å². The Balaban J connectivity index is 1.58. The van der Waals surface area contributed by atoms with Gasteiger partial charge in [-0.15, -0.1) is 0 Å². The van der Waals surface area contributed by atoms with Crippen LogP contribution in [0.3, 0.4) is 0 Å². The highest BCUT2D eigenvalue weighted by Gasteiger charge is 2.22. The second kappa shape index (κ2) is 8.03. The van der Waals surface area contributed by atoms with Gasteiger partial charge in [0.05, 0.1) is 14.2 Å². The van der Waals surface area contributed by atoms with Crippen LogP contribution in [0.4, 0.5) is 5.95 Å². The Bertz CT molecular complexity index is 790. The molecule has 0 bridgehead atoms. The lowest BCUT2D eigenvalue weighted by atomic mass is 10.1. The Kier molecular flexibility index (Phi) is 5.55. The van der Waals surface area contributed by atoms with Gasteiger partial charge in [0.2, 0.25) is 5.95 Å². The Morgan fingerprint density at radius 1 is 1.15 bits per heavy atom. The zero-order valence-corrected chi connectivity index (χ0v) is 15.3. The number of methoxy groups -OCH3 is 2. The van der Waals surface area contributed by atoms with E-state index in [9.17, 15) is 4.79 Å². The molecule has 1 aromatic carbocycles. The van der Waals surface area contributed by atoms with Crippen LogP contribution in [-0.2, 0) is 6.42 Å². The van der Waals surface area contributed by atoms with Crippen molar-refractivity contribution < 1.29 is 14.3 Å². The number of benzene rings is 1. The summed E-state index contributed by atoms with van der Waals surface area (Å²) in [7, 11) is 3.21. The highest BCUT2D eigenvalue weighted by Crippen LogP contribution is 2.27. The van der Waals surface area contributed by atoms with E-state index in [0.717, 1.165) is 24.1 Å². The third-order valence-corrected chi connectivity index (χ3v) is 4.14. The smallest absolute Gasteiger partial charge is 0.270 e. The number of ether oxygens (including phenoxy) is 2. The van der Waals surface area contributed by atoms with E-state index in [1.54, 1.807) is 20.3 Å². The van der Waals surface area contributed by atoms with Crippen LogP contribution in [0.2, 0.25) is 0 Å². The molecule has 138 valence electrons. The molecule has 0 radical (unpaired) electrons. The Morgan fingerprint density at radius 3 is 2.62 bits per heavy atom. The lowest BCUT2D eigenvalue weighted by molar-refractivity contribution is 0.0949. The number of carbonyl (C=O) groups is 1. The van der Waals surface area contributed by atoms with Crippen LogP contribution in [0.5, 0.6) is 11.5 Å². The van der Waals surface area contributed by atoms with E-state index >= 15 is 0 Å². The van der Waals surface area contributed by atoms with Gasteiger partial charge in [-0.05, 0) is 49.9 Å². The van der Waals surface area contributed by atoms with Gasteiger partial charge in [-0.3, -0.25) is 4.79 Å². The molecule has 2 aromatic rings. The van der Waals surface area contributed by atoms with E-state index in [1.807, 2.05) is 25.1 Å². The van der Waals surface area contributed by atoms with Crippen LogP contribution in [-0.4, -0.2) is 42.7 Å². The average molecular weight is 356 g/mol. The molecular formula is C19H24N4O3. The molecular weight excluding hydrogens is 332 g/mol. The van der Waals surface area contributed by atoms with Crippen molar-refractivity contribution in [3.05, 3.63) is 41.2 Å². The first-order valence-corrected chi connectivity index (χ1v) is 8.70. The highest BCUT2D eigenvalue weighted by molar-refractivity contribution is 5.92. The molecule has 1 aliphatic rings. The maximum absolute atomic E-state index is 12.4. The molecule has 26 heavy (non-hydrogen) atoms. The number of nitrogens with zero attached hydrogens (tertiary/aromatic N) is 2. The molecule has 0 aliphatic heterocycles. The van der Waals surface area contributed by atoms with Gasteiger partial charge in [0.25, 0.3) is 5.91 Å². The number of anilines is 1. The van der Waals surface area contributed by atoms with E-state index in [4.69, 9.17) is 9.47 Å². The van der Waals surface area contributed by atoms with Crippen molar-refractivity contribution in [1.29, 1.82) is 0 Å². The van der Waals surface area contributed by atoms with E-state index in [2.05, 4.69) is 20.6 Å². The largest absolute Gasteiger partial charge is 0.493 e. The maximum Gasteiger partial charge on any atom is 0.270 e. The van der Waals surface area contributed by atoms with Crippen molar-refractivity contribution in [2.75, 3.05) is 26.1 Å². The van der Waals surface area contributed by atoms with Crippen molar-refractivity contribution in [3.8, 4) is 11.5 Å². The van der Waals surface area contributed by atoms with Gasteiger partial charge >= 0.3 is 0 Å². The zero-order chi connectivity index (χ0) is 18.5. The number of carbonyl (C=O) groups excluding carboxylic acids is 1. The molecule has 0 spiro atoms. The van der Waals surface area contributed by atoms with Gasteiger partial charge in [-0.2, -0.15) is 0 Å². The zero-order valence-electron chi connectivity index (χ0n) is 15.3. The van der Waals surface area contributed by atoms with Gasteiger partial charge in [-0.25, -0.2) is 9.97 Å². The fourth-order valence-corrected chi connectivity index (χ4v) is 2.61. The molecule has 2 N–H and O–H groups in total. The highest BCUT2D eigenvalue weighted by atomic mass is 16.5. The summed E-state index contributed by atoms with van der Waals surface area (Å²) >= 11 is 0. The number of hydrogen-bond donors (Lipinski definition) is 2. The van der Waals surface area contributed by atoms with E-state index in [1.165, 1.54) is 0 Å². The van der Waals surface area contributed by atoms with Gasteiger partial charge in [0, 0.05) is 18.3 Å². The Hall–Kier alpha value is -2.83. The van der Waals surface area contributed by atoms with E-state index < -0.39 is 0 Å². The Labute approximate surface area is 153 Å². The van der Waals surface area contributed by atoms with Gasteiger partial charge in [0.15, 0.2) is 11.5 Å².